The molecule has 11 heteroatoms. The van der Waals surface area contributed by atoms with Gasteiger partial charge in [0.15, 0.2) is 11.5 Å². The molecule has 1 saturated heterocycles. The normalized spacial score (nSPS) is 17.2. The minimum Gasteiger partial charge on any atom is -0.493 e. The van der Waals surface area contributed by atoms with Crippen molar-refractivity contribution in [3.05, 3.63) is 18.5 Å². The van der Waals surface area contributed by atoms with Crippen molar-refractivity contribution in [2.75, 3.05) is 32.2 Å². The summed E-state index contributed by atoms with van der Waals surface area (Å²) in [5.74, 6) is -0.638. The Kier molecular flexibility index (Phi) is 5.22. The van der Waals surface area contributed by atoms with Gasteiger partial charge in [-0.15, -0.1) is 5.48 Å². The molecule has 1 aliphatic rings. The van der Waals surface area contributed by atoms with Gasteiger partial charge in [-0.25, -0.2) is 14.8 Å². The number of hydrogen-bond acceptors (Lipinski definition) is 8. The lowest BCUT2D eigenvalue weighted by molar-refractivity contribution is -0.208. The van der Waals surface area contributed by atoms with E-state index in [2.05, 4.69) is 20.3 Å². The molecule has 0 radical (unpaired) electrons. The van der Waals surface area contributed by atoms with Gasteiger partial charge in [-0.2, -0.15) is 13.2 Å². The number of hydrogen-bond donors (Lipinski definition) is 1. The zero-order valence-electron chi connectivity index (χ0n) is 14.5. The predicted molar refractivity (Wildman–Crippen MR) is 88.5 cm³/mol. The first-order valence-corrected chi connectivity index (χ1v) is 7.98. The standard InChI is InChI=1S/C16H17F3N4O4/c1-25-12-5-10-11(6-13(12)26-2)20-8-21-14(10)23-4-3-9(7-23)22-27-15(24)16(17,18)19/h5-6,8-9,22H,3-4,7H2,1-2H3. The van der Waals surface area contributed by atoms with Crippen LogP contribution in [0.1, 0.15) is 6.42 Å². The number of benzene rings is 1. The maximum Gasteiger partial charge on any atom is 0.492 e. The van der Waals surface area contributed by atoms with Crippen LogP contribution in [0.3, 0.4) is 0 Å². The van der Waals surface area contributed by atoms with Gasteiger partial charge in [-0.3, -0.25) is 0 Å². The summed E-state index contributed by atoms with van der Waals surface area (Å²) in [5.41, 5.74) is 2.81. The van der Waals surface area contributed by atoms with Crippen LogP contribution in [-0.2, 0) is 9.63 Å². The lowest BCUT2D eigenvalue weighted by Crippen LogP contribution is -2.38. The third kappa shape index (κ3) is 3.97. The van der Waals surface area contributed by atoms with Gasteiger partial charge in [0.05, 0.1) is 25.8 Å². The summed E-state index contributed by atoms with van der Waals surface area (Å²) < 4.78 is 47.2. The Bertz CT molecular complexity index is 846. The van der Waals surface area contributed by atoms with E-state index in [1.807, 2.05) is 4.90 Å². The van der Waals surface area contributed by atoms with Crippen LogP contribution >= 0.6 is 0 Å². The summed E-state index contributed by atoms with van der Waals surface area (Å²) >= 11 is 0. The smallest absolute Gasteiger partial charge is 0.492 e. The second kappa shape index (κ2) is 7.43. The fourth-order valence-corrected chi connectivity index (χ4v) is 2.87. The zero-order valence-corrected chi connectivity index (χ0v) is 14.5. The van der Waals surface area contributed by atoms with Gasteiger partial charge < -0.3 is 19.2 Å². The number of hydroxylamine groups is 1. The van der Waals surface area contributed by atoms with Gasteiger partial charge in [0.1, 0.15) is 12.1 Å². The first kappa shape index (κ1) is 19.0. The van der Waals surface area contributed by atoms with Crippen molar-refractivity contribution in [2.45, 2.75) is 18.6 Å². The van der Waals surface area contributed by atoms with Gasteiger partial charge in [0.2, 0.25) is 0 Å². The van der Waals surface area contributed by atoms with Crippen molar-refractivity contribution in [1.29, 1.82) is 0 Å². The van der Waals surface area contributed by atoms with Crippen molar-refractivity contribution in [3.63, 3.8) is 0 Å². The quantitative estimate of drug-likeness (QED) is 0.780. The van der Waals surface area contributed by atoms with E-state index in [1.165, 1.54) is 20.5 Å². The highest BCUT2D eigenvalue weighted by Crippen LogP contribution is 2.35. The highest BCUT2D eigenvalue weighted by molar-refractivity contribution is 5.92. The molecule has 1 aromatic carbocycles. The largest absolute Gasteiger partial charge is 0.493 e. The van der Waals surface area contributed by atoms with Crippen LogP contribution in [0.4, 0.5) is 19.0 Å². The van der Waals surface area contributed by atoms with E-state index in [0.717, 1.165) is 0 Å². The zero-order chi connectivity index (χ0) is 19.6. The molecule has 0 bridgehead atoms. The highest BCUT2D eigenvalue weighted by Gasteiger charge is 2.42. The lowest BCUT2D eigenvalue weighted by atomic mass is 10.2. The van der Waals surface area contributed by atoms with E-state index in [9.17, 15) is 18.0 Å². The number of nitrogens with one attached hydrogen (secondary N) is 1. The third-order valence-electron chi connectivity index (χ3n) is 4.16. The second-order valence-electron chi connectivity index (χ2n) is 5.86. The number of halogens is 3. The van der Waals surface area contributed by atoms with E-state index in [0.29, 0.717) is 47.7 Å². The molecule has 146 valence electrons. The number of alkyl halides is 3. The van der Waals surface area contributed by atoms with Crippen LogP contribution in [-0.4, -0.2) is 55.5 Å². The van der Waals surface area contributed by atoms with Crippen LogP contribution in [0.2, 0.25) is 0 Å². The molecular formula is C16H17F3N4O4. The third-order valence-corrected chi connectivity index (χ3v) is 4.16. The highest BCUT2D eigenvalue weighted by atomic mass is 19.4. The molecule has 0 saturated carbocycles. The minimum absolute atomic E-state index is 0.311. The molecule has 0 amide bonds. The molecular weight excluding hydrogens is 369 g/mol. The average molecular weight is 386 g/mol. The molecule has 27 heavy (non-hydrogen) atoms. The molecule has 1 fully saturated rings. The molecule has 1 aromatic heterocycles. The predicted octanol–water partition coefficient (Wildman–Crippen LogP) is 1.84. The number of nitrogens with zero attached hydrogens (tertiary/aromatic N) is 3. The molecule has 2 heterocycles. The van der Waals surface area contributed by atoms with E-state index in [-0.39, 0.29) is 0 Å². The number of methoxy groups -OCH3 is 2. The van der Waals surface area contributed by atoms with Gasteiger partial charge in [0.25, 0.3) is 0 Å². The van der Waals surface area contributed by atoms with Crippen LogP contribution in [0, 0.1) is 0 Å². The van der Waals surface area contributed by atoms with Crippen molar-refractivity contribution in [3.8, 4) is 11.5 Å². The fraction of sp³-hybridized carbons (Fsp3) is 0.438. The number of rotatable bonds is 5. The number of fused-ring (bicyclic) bond motifs is 1. The second-order valence-corrected chi connectivity index (χ2v) is 5.86. The number of carbonyl (C=O) groups excluding carboxylic acids is 1. The van der Waals surface area contributed by atoms with Crippen molar-refractivity contribution < 1.29 is 32.3 Å². The Morgan fingerprint density at radius 1 is 1.22 bits per heavy atom. The molecule has 0 spiro atoms. The first-order chi connectivity index (χ1) is 12.8. The number of carbonyl (C=O) groups is 1. The maximum atomic E-state index is 12.2. The average Bonchev–Trinajstić information content (AvgIpc) is 3.12. The van der Waals surface area contributed by atoms with Crippen LogP contribution in [0.25, 0.3) is 10.9 Å². The first-order valence-electron chi connectivity index (χ1n) is 7.98. The van der Waals surface area contributed by atoms with Crippen molar-refractivity contribution in [1.82, 2.24) is 15.4 Å². The Labute approximate surface area is 152 Å². The summed E-state index contributed by atoms with van der Waals surface area (Å²) in [6, 6.07) is 3.01. The van der Waals surface area contributed by atoms with Crippen LogP contribution in [0.15, 0.2) is 18.5 Å². The van der Waals surface area contributed by atoms with Gasteiger partial charge in [0, 0.05) is 24.5 Å². The Morgan fingerprint density at radius 2 is 1.93 bits per heavy atom. The van der Waals surface area contributed by atoms with E-state index in [4.69, 9.17) is 9.47 Å². The number of ether oxygens (including phenoxy) is 2. The summed E-state index contributed by atoms with van der Waals surface area (Å²) in [4.78, 5) is 25.3. The Morgan fingerprint density at radius 3 is 2.59 bits per heavy atom. The van der Waals surface area contributed by atoms with E-state index in [1.54, 1.807) is 12.1 Å². The van der Waals surface area contributed by atoms with Crippen molar-refractivity contribution in [2.24, 2.45) is 0 Å². The maximum absolute atomic E-state index is 12.2. The molecule has 1 N–H and O–H groups in total. The SMILES string of the molecule is COc1cc2ncnc(N3CCC(NOC(=O)C(F)(F)F)C3)c2cc1OC. The summed E-state index contributed by atoms with van der Waals surface area (Å²) in [5, 5.41) is 0.711. The topological polar surface area (TPSA) is 85.8 Å². The van der Waals surface area contributed by atoms with Crippen LogP contribution in [0.5, 0.6) is 11.5 Å². The van der Waals surface area contributed by atoms with Crippen molar-refractivity contribution >= 4 is 22.7 Å². The Hall–Kier alpha value is -2.82. The number of aromatic nitrogens is 2. The van der Waals surface area contributed by atoms with Gasteiger partial charge in [-0.05, 0) is 12.5 Å². The molecule has 3 rings (SSSR count). The molecule has 0 aliphatic carbocycles. The van der Waals surface area contributed by atoms with E-state index >= 15 is 0 Å². The summed E-state index contributed by atoms with van der Waals surface area (Å²) in [6.07, 6.45) is -3.16. The summed E-state index contributed by atoms with van der Waals surface area (Å²) in [7, 11) is 3.03. The fourth-order valence-electron chi connectivity index (χ4n) is 2.87. The van der Waals surface area contributed by atoms with Gasteiger partial charge in [-0.1, -0.05) is 0 Å². The molecule has 2 aromatic rings. The van der Waals surface area contributed by atoms with Gasteiger partial charge >= 0.3 is 12.1 Å². The molecule has 1 atom stereocenters. The molecule has 1 unspecified atom stereocenters. The Balaban J connectivity index is 1.77. The monoisotopic (exact) mass is 386 g/mol. The summed E-state index contributed by atoms with van der Waals surface area (Å²) in [6.45, 7) is 0.827. The van der Waals surface area contributed by atoms with E-state index < -0.39 is 18.2 Å². The lowest BCUT2D eigenvalue weighted by Gasteiger charge is -2.20. The number of anilines is 1. The molecule has 1 aliphatic heterocycles. The minimum atomic E-state index is -5.04. The molecule has 8 nitrogen and oxygen atoms in total. The van der Waals surface area contributed by atoms with Crippen LogP contribution < -0.4 is 19.9 Å².